The van der Waals surface area contributed by atoms with Crippen molar-refractivity contribution in [3.05, 3.63) is 17.5 Å². The van der Waals surface area contributed by atoms with Crippen LogP contribution in [0, 0.1) is 6.92 Å². The second kappa shape index (κ2) is 4.89. The highest BCUT2D eigenvalue weighted by Gasteiger charge is 2.37. The molecule has 0 unspecified atom stereocenters. The molecule has 0 bridgehead atoms. The number of carbonyl (C=O) groups excluding carboxylic acids is 2. The van der Waals surface area contributed by atoms with Crippen LogP contribution in [-0.4, -0.2) is 45.5 Å². The Labute approximate surface area is 105 Å². The largest absolute Gasteiger partial charge is 0.391 e. The summed E-state index contributed by atoms with van der Waals surface area (Å²) < 4.78 is 4.97. The number of amides is 1. The molecule has 0 saturated carbocycles. The van der Waals surface area contributed by atoms with Crippen molar-refractivity contribution in [3.63, 3.8) is 0 Å². The first kappa shape index (κ1) is 12.8. The van der Waals surface area contributed by atoms with Crippen molar-refractivity contribution in [1.29, 1.82) is 0 Å². The first-order chi connectivity index (χ1) is 8.47. The Bertz CT molecular complexity index is 468. The summed E-state index contributed by atoms with van der Waals surface area (Å²) in [5.74, 6) is 0.151. The number of Topliss-reactive ketones (excluding diaryl/α,β-unsaturated/α-hetero) is 1. The van der Waals surface area contributed by atoms with Gasteiger partial charge in [0.15, 0.2) is 5.78 Å². The zero-order valence-corrected chi connectivity index (χ0v) is 10.4. The Morgan fingerprint density at radius 1 is 1.61 bits per heavy atom. The van der Waals surface area contributed by atoms with E-state index in [1.165, 1.54) is 11.8 Å². The predicted molar refractivity (Wildman–Crippen MR) is 61.7 cm³/mol. The molecule has 1 aromatic rings. The molecule has 98 valence electrons. The van der Waals surface area contributed by atoms with E-state index in [1.54, 1.807) is 13.0 Å². The molecule has 2 heterocycles. The number of rotatable bonds is 3. The molecule has 6 heteroatoms. The molecule has 1 aromatic heterocycles. The molecule has 0 aromatic carbocycles. The van der Waals surface area contributed by atoms with E-state index in [1.807, 2.05) is 0 Å². The molecule has 1 fully saturated rings. The molecule has 0 spiro atoms. The summed E-state index contributed by atoms with van der Waals surface area (Å²) >= 11 is 0. The number of likely N-dealkylation sites (tertiary alicyclic amines) is 1. The van der Waals surface area contributed by atoms with E-state index >= 15 is 0 Å². The molecule has 1 aliphatic rings. The van der Waals surface area contributed by atoms with E-state index < -0.39 is 12.1 Å². The van der Waals surface area contributed by atoms with E-state index in [4.69, 9.17) is 4.52 Å². The molecule has 1 N–H and O–H groups in total. The minimum atomic E-state index is -0.626. The van der Waals surface area contributed by atoms with Crippen molar-refractivity contribution in [2.75, 3.05) is 6.54 Å². The number of aryl methyl sites for hydroxylation is 1. The van der Waals surface area contributed by atoms with E-state index in [9.17, 15) is 14.7 Å². The maximum atomic E-state index is 12.1. The molecular formula is C12H16N2O4. The van der Waals surface area contributed by atoms with Crippen molar-refractivity contribution in [3.8, 4) is 0 Å². The summed E-state index contributed by atoms with van der Waals surface area (Å²) in [6.07, 6.45) is -0.243. The summed E-state index contributed by atoms with van der Waals surface area (Å²) in [7, 11) is 0. The first-order valence-corrected chi connectivity index (χ1v) is 5.87. The zero-order valence-electron chi connectivity index (χ0n) is 10.4. The Morgan fingerprint density at radius 3 is 2.89 bits per heavy atom. The van der Waals surface area contributed by atoms with Crippen molar-refractivity contribution in [1.82, 2.24) is 10.1 Å². The van der Waals surface area contributed by atoms with Crippen molar-refractivity contribution >= 4 is 11.7 Å². The van der Waals surface area contributed by atoms with Gasteiger partial charge in [-0.25, -0.2) is 0 Å². The fraction of sp³-hybridized carbons (Fsp3) is 0.583. The lowest BCUT2D eigenvalue weighted by atomic mass is 10.1. The van der Waals surface area contributed by atoms with Gasteiger partial charge < -0.3 is 14.5 Å². The standard InChI is InChI=1S/C12H16N2O4/c1-7-3-10(18-13-7)5-12(17)14-6-9(16)4-11(14)8(2)15/h3,9,11,16H,4-6H2,1-2H3/t9-,11+/m1/s1. The van der Waals surface area contributed by atoms with Crippen LogP contribution in [0.25, 0.3) is 0 Å². The van der Waals surface area contributed by atoms with Crippen LogP contribution in [0.2, 0.25) is 0 Å². The maximum Gasteiger partial charge on any atom is 0.231 e. The van der Waals surface area contributed by atoms with Gasteiger partial charge in [-0.15, -0.1) is 0 Å². The van der Waals surface area contributed by atoms with Crippen LogP contribution in [-0.2, 0) is 16.0 Å². The Kier molecular flexibility index (Phi) is 3.47. The molecule has 1 amide bonds. The van der Waals surface area contributed by atoms with Crippen LogP contribution in [0.4, 0.5) is 0 Å². The van der Waals surface area contributed by atoms with Crippen LogP contribution in [0.5, 0.6) is 0 Å². The number of hydrogen-bond donors (Lipinski definition) is 1. The van der Waals surface area contributed by atoms with Crippen LogP contribution in [0.15, 0.2) is 10.6 Å². The summed E-state index contributed by atoms with van der Waals surface area (Å²) in [6.45, 7) is 3.41. The predicted octanol–water partition coefficient (Wildman–Crippen LogP) is 0.0763. The zero-order chi connectivity index (χ0) is 13.3. The second-order valence-electron chi connectivity index (χ2n) is 4.67. The van der Waals surface area contributed by atoms with Gasteiger partial charge in [-0.2, -0.15) is 0 Å². The van der Waals surface area contributed by atoms with Crippen LogP contribution < -0.4 is 0 Å². The fourth-order valence-corrected chi connectivity index (χ4v) is 2.23. The lowest BCUT2D eigenvalue weighted by molar-refractivity contribution is -0.136. The third-order valence-corrected chi connectivity index (χ3v) is 3.07. The van der Waals surface area contributed by atoms with Crippen molar-refractivity contribution < 1.29 is 19.2 Å². The van der Waals surface area contributed by atoms with E-state index in [2.05, 4.69) is 5.16 Å². The SMILES string of the molecule is CC(=O)[C@@H]1C[C@@H](O)CN1C(=O)Cc1cc(C)no1. The number of nitrogens with zero attached hydrogens (tertiary/aromatic N) is 2. The minimum absolute atomic E-state index is 0.0668. The molecule has 18 heavy (non-hydrogen) atoms. The Hall–Kier alpha value is -1.69. The topological polar surface area (TPSA) is 83.6 Å². The fourth-order valence-electron chi connectivity index (χ4n) is 2.23. The Morgan fingerprint density at radius 2 is 2.33 bits per heavy atom. The van der Waals surface area contributed by atoms with Gasteiger partial charge in [0, 0.05) is 19.0 Å². The van der Waals surface area contributed by atoms with Crippen LogP contribution in [0.1, 0.15) is 24.8 Å². The Balaban J connectivity index is 2.06. The molecule has 6 nitrogen and oxygen atoms in total. The molecular weight excluding hydrogens is 236 g/mol. The van der Waals surface area contributed by atoms with Gasteiger partial charge in [0.2, 0.25) is 5.91 Å². The highest BCUT2D eigenvalue weighted by atomic mass is 16.5. The van der Waals surface area contributed by atoms with Gasteiger partial charge in [-0.05, 0) is 13.8 Å². The molecule has 1 aliphatic heterocycles. The lowest BCUT2D eigenvalue weighted by Crippen LogP contribution is -2.40. The maximum absolute atomic E-state index is 12.1. The van der Waals surface area contributed by atoms with E-state index in [-0.39, 0.29) is 24.7 Å². The number of β-amino-alcohol motifs (C(OH)–C–C–N with tert-alkyl or cyclic N) is 1. The number of aliphatic hydroxyl groups excluding tert-OH is 1. The third kappa shape index (κ3) is 2.59. The lowest BCUT2D eigenvalue weighted by Gasteiger charge is -2.21. The first-order valence-electron chi connectivity index (χ1n) is 5.87. The second-order valence-corrected chi connectivity index (χ2v) is 4.67. The molecule has 2 rings (SSSR count). The smallest absolute Gasteiger partial charge is 0.231 e. The summed E-state index contributed by atoms with van der Waals surface area (Å²) in [4.78, 5) is 24.9. The number of carbonyl (C=O) groups is 2. The highest BCUT2D eigenvalue weighted by Crippen LogP contribution is 2.20. The van der Waals surface area contributed by atoms with Crippen LogP contribution >= 0.6 is 0 Å². The van der Waals surface area contributed by atoms with Crippen LogP contribution in [0.3, 0.4) is 0 Å². The minimum Gasteiger partial charge on any atom is -0.391 e. The average Bonchev–Trinajstić information content (AvgIpc) is 2.85. The number of aliphatic hydroxyl groups is 1. The van der Waals surface area contributed by atoms with Crippen molar-refractivity contribution in [2.45, 2.75) is 38.8 Å². The van der Waals surface area contributed by atoms with Gasteiger partial charge in [-0.3, -0.25) is 9.59 Å². The van der Waals surface area contributed by atoms with Gasteiger partial charge in [0.1, 0.15) is 5.76 Å². The van der Waals surface area contributed by atoms with Gasteiger partial charge in [0.25, 0.3) is 0 Å². The molecule has 0 aliphatic carbocycles. The average molecular weight is 252 g/mol. The highest BCUT2D eigenvalue weighted by molar-refractivity contribution is 5.88. The number of ketones is 1. The van der Waals surface area contributed by atoms with Gasteiger partial charge in [0.05, 0.1) is 24.3 Å². The van der Waals surface area contributed by atoms with E-state index in [0.717, 1.165) is 0 Å². The quantitative estimate of drug-likeness (QED) is 0.823. The summed E-state index contributed by atoms with van der Waals surface area (Å²) in [5.41, 5.74) is 0.711. The number of aromatic nitrogens is 1. The molecule has 0 radical (unpaired) electrons. The van der Waals surface area contributed by atoms with Crippen molar-refractivity contribution in [2.24, 2.45) is 0 Å². The molecule has 1 saturated heterocycles. The normalized spacial score (nSPS) is 23.4. The summed E-state index contributed by atoms with van der Waals surface area (Å²) in [5, 5.41) is 13.3. The van der Waals surface area contributed by atoms with Gasteiger partial charge in [-0.1, -0.05) is 5.16 Å². The third-order valence-electron chi connectivity index (χ3n) is 3.07. The van der Waals surface area contributed by atoms with E-state index in [0.29, 0.717) is 17.9 Å². The molecule has 2 atom stereocenters. The van der Waals surface area contributed by atoms with Gasteiger partial charge >= 0.3 is 0 Å². The summed E-state index contributed by atoms with van der Waals surface area (Å²) in [6, 6.07) is 1.17. The monoisotopic (exact) mass is 252 g/mol. The number of hydrogen-bond acceptors (Lipinski definition) is 5.